The van der Waals surface area contributed by atoms with E-state index in [-0.39, 0.29) is 10.6 Å². The molecule has 0 radical (unpaired) electrons. The SMILES string of the molecule is CCOc1cc(C=Nc2ccc(C)c(C)c2)cc(Br)c1OS(=O)(=O)c1ccc(C)cc1. The largest absolute Gasteiger partial charge is 0.490 e. The van der Waals surface area contributed by atoms with Crippen LogP contribution in [0.25, 0.3) is 0 Å². The topological polar surface area (TPSA) is 65.0 Å². The van der Waals surface area contributed by atoms with Crippen LogP contribution in [0.2, 0.25) is 0 Å². The lowest BCUT2D eigenvalue weighted by molar-refractivity contribution is 0.327. The Balaban J connectivity index is 1.93. The molecule has 0 aliphatic heterocycles. The second kappa shape index (κ2) is 9.66. The molecule has 0 bridgehead atoms. The van der Waals surface area contributed by atoms with Crippen LogP contribution in [0, 0.1) is 20.8 Å². The number of aryl methyl sites for hydroxylation is 3. The van der Waals surface area contributed by atoms with Crippen molar-refractivity contribution < 1.29 is 17.3 Å². The Hall–Kier alpha value is -2.64. The summed E-state index contributed by atoms with van der Waals surface area (Å²) in [6.45, 7) is 8.16. The zero-order valence-electron chi connectivity index (χ0n) is 17.8. The van der Waals surface area contributed by atoms with Crippen LogP contribution < -0.4 is 8.92 Å². The van der Waals surface area contributed by atoms with E-state index in [0.717, 1.165) is 22.4 Å². The third-order valence-electron chi connectivity index (χ3n) is 4.69. The summed E-state index contributed by atoms with van der Waals surface area (Å²) in [5, 5.41) is 0. The van der Waals surface area contributed by atoms with Gasteiger partial charge in [-0.15, -0.1) is 0 Å². The lowest BCUT2D eigenvalue weighted by atomic mass is 10.1. The number of rotatable bonds is 7. The highest BCUT2D eigenvalue weighted by atomic mass is 79.9. The molecule has 0 saturated carbocycles. The van der Waals surface area contributed by atoms with E-state index >= 15 is 0 Å². The molecule has 0 aromatic heterocycles. The molecule has 0 saturated heterocycles. The summed E-state index contributed by atoms with van der Waals surface area (Å²) < 4.78 is 37.1. The predicted molar refractivity (Wildman–Crippen MR) is 127 cm³/mol. The van der Waals surface area contributed by atoms with Crippen molar-refractivity contribution in [1.82, 2.24) is 0 Å². The highest BCUT2D eigenvalue weighted by Crippen LogP contribution is 2.38. The minimum Gasteiger partial charge on any atom is -0.490 e. The van der Waals surface area contributed by atoms with Crippen LogP contribution in [0.15, 0.2) is 69.0 Å². The lowest BCUT2D eigenvalue weighted by Crippen LogP contribution is -2.11. The van der Waals surface area contributed by atoms with Crippen molar-refractivity contribution in [2.45, 2.75) is 32.6 Å². The van der Waals surface area contributed by atoms with Gasteiger partial charge in [0.25, 0.3) is 0 Å². The van der Waals surface area contributed by atoms with Gasteiger partial charge in [0.05, 0.1) is 16.8 Å². The van der Waals surface area contributed by atoms with Crippen LogP contribution >= 0.6 is 15.9 Å². The van der Waals surface area contributed by atoms with Gasteiger partial charge in [-0.3, -0.25) is 4.99 Å². The van der Waals surface area contributed by atoms with Gasteiger partial charge in [-0.1, -0.05) is 23.8 Å². The molecule has 7 heteroatoms. The van der Waals surface area contributed by atoms with Crippen molar-refractivity contribution in [2.24, 2.45) is 4.99 Å². The molecule has 0 heterocycles. The van der Waals surface area contributed by atoms with Gasteiger partial charge in [0, 0.05) is 6.21 Å². The molecular formula is C24H24BrNO4S. The molecule has 31 heavy (non-hydrogen) atoms. The number of ether oxygens (including phenoxy) is 1. The van der Waals surface area contributed by atoms with Crippen LogP contribution in [0.1, 0.15) is 29.2 Å². The molecule has 0 spiro atoms. The van der Waals surface area contributed by atoms with Crippen LogP contribution in [0.3, 0.4) is 0 Å². The van der Waals surface area contributed by atoms with Gasteiger partial charge in [-0.2, -0.15) is 8.42 Å². The van der Waals surface area contributed by atoms with Crippen LogP contribution in [0.4, 0.5) is 5.69 Å². The predicted octanol–water partition coefficient (Wildman–Crippen LogP) is 6.29. The fourth-order valence-corrected chi connectivity index (χ4v) is 4.43. The summed E-state index contributed by atoms with van der Waals surface area (Å²) in [4.78, 5) is 4.60. The van der Waals surface area contributed by atoms with Gasteiger partial charge in [-0.05, 0) is 96.7 Å². The van der Waals surface area contributed by atoms with Gasteiger partial charge in [0.2, 0.25) is 0 Å². The van der Waals surface area contributed by atoms with Crippen molar-refractivity contribution in [1.29, 1.82) is 0 Å². The Bertz CT molecular complexity index is 1220. The van der Waals surface area contributed by atoms with Crippen molar-refractivity contribution in [3.8, 4) is 11.5 Å². The van der Waals surface area contributed by atoms with Gasteiger partial charge in [0.15, 0.2) is 11.5 Å². The standard InChI is InChI=1S/C24H24BrNO4S/c1-5-29-23-14-19(15-26-20-9-8-17(3)18(4)12-20)13-22(25)24(23)30-31(27,28)21-10-6-16(2)7-11-21/h6-15H,5H2,1-4H3. The summed E-state index contributed by atoms with van der Waals surface area (Å²) in [7, 11) is -4.01. The summed E-state index contributed by atoms with van der Waals surface area (Å²) in [5.41, 5.74) is 4.91. The molecule has 0 aliphatic carbocycles. The van der Waals surface area contributed by atoms with E-state index < -0.39 is 10.1 Å². The maximum atomic E-state index is 12.8. The number of aliphatic imine (C=N–C) groups is 1. The van der Waals surface area contributed by atoms with E-state index in [4.69, 9.17) is 8.92 Å². The lowest BCUT2D eigenvalue weighted by Gasteiger charge is -2.14. The fourth-order valence-electron chi connectivity index (χ4n) is 2.82. The smallest absolute Gasteiger partial charge is 0.339 e. The maximum Gasteiger partial charge on any atom is 0.339 e. The first kappa shape index (κ1) is 23.0. The number of hydrogen-bond acceptors (Lipinski definition) is 5. The van der Waals surface area contributed by atoms with E-state index in [0.29, 0.717) is 16.8 Å². The molecule has 3 aromatic rings. The molecular weight excluding hydrogens is 478 g/mol. The third kappa shape index (κ3) is 5.74. The third-order valence-corrected chi connectivity index (χ3v) is 6.51. The maximum absolute atomic E-state index is 12.8. The van der Waals surface area contributed by atoms with Crippen LogP contribution in [0.5, 0.6) is 11.5 Å². The normalized spacial score (nSPS) is 11.6. The Morgan fingerprint density at radius 3 is 2.32 bits per heavy atom. The van der Waals surface area contributed by atoms with Crippen molar-refractivity contribution in [3.05, 3.63) is 81.3 Å². The molecule has 0 atom stereocenters. The van der Waals surface area contributed by atoms with E-state index in [9.17, 15) is 8.42 Å². The highest BCUT2D eigenvalue weighted by Gasteiger charge is 2.22. The first-order chi connectivity index (χ1) is 14.7. The molecule has 0 unspecified atom stereocenters. The molecule has 0 amide bonds. The number of nitrogens with zero attached hydrogens (tertiary/aromatic N) is 1. The van der Waals surface area contributed by atoms with Gasteiger partial charge >= 0.3 is 10.1 Å². The fraction of sp³-hybridized carbons (Fsp3) is 0.208. The molecule has 0 fully saturated rings. The number of benzene rings is 3. The van der Waals surface area contributed by atoms with E-state index in [1.807, 2.05) is 39.0 Å². The Labute approximate surface area is 192 Å². The average molecular weight is 502 g/mol. The molecule has 5 nitrogen and oxygen atoms in total. The van der Waals surface area contributed by atoms with E-state index in [2.05, 4.69) is 27.8 Å². The first-order valence-electron chi connectivity index (χ1n) is 9.78. The zero-order valence-corrected chi connectivity index (χ0v) is 20.2. The molecule has 162 valence electrons. The van der Waals surface area contributed by atoms with Crippen LogP contribution in [-0.2, 0) is 10.1 Å². The van der Waals surface area contributed by atoms with Crippen molar-refractivity contribution >= 4 is 38.0 Å². The van der Waals surface area contributed by atoms with Crippen molar-refractivity contribution in [3.63, 3.8) is 0 Å². The summed E-state index contributed by atoms with van der Waals surface area (Å²) in [6.07, 6.45) is 1.70. The minimum atomic E-state index is -4.01. The summed E-state index contributed by atoms with van der Waals surface area (Å²) in [6, 6.07) is 15.9. The zero-order chi connectivity index (χ0) is 22.6. The van der Waals surface area contributed by atoms with Gasteiger partial charge in [0.1, 0.15) is 4.90 Å². The Kier molecular flexibility index (Phi) is 7.18. The Morgan fingerprint density at radius 2 is 1.68 bits per heavy atom. The van der Waals surface area contributed by atoms with Gasteiger partial charge < -0.3 is 8.92 Å². The number of hydrogen-bond donors (Lipinski definition) is 0. The van der Waals surface area contributed by atoms with E-state index in [1.54, 1.807) is 30.5 Å². The quantitative estimate of drug-likeness (QED) is 0.281. The van der Waals surface area contributed by atoms with Crippen LogP contribution in [-0.4, -0.2) is 21.2 Å². The van der Waals surface area contributed by atoms with Crippen molar-refractivity contribution in [2.75, 3.05) is 6.61 Å². The molecule has 0 N–H and O–H groups in total. The molecule has 0 aliphatic rings. The van der Waals surface area contributed by atoms with E-state index in [1.165, 1.54) is 17.7 Å². The minimum absolute atomic E-state index is 0.0767. The summed E-state index contributed by atoms with van der Waals surface area (Å²) >= 11 is 3.42. The summed E-state index contributed by atoms with van der Waals surface area (Å²) in [5.74, 6) is 0.417. The Morgan fingerprint density at radius 1 is 0.968 bits per heavy atom. The highest BCUT2D eigenvalue weighted by molar-refractivity contribution is 9.10. The number of halogens is 1. The molecule has 3 aromatic carbocycles. The monoisotopic (exact) mass is 501 g/mol. The first-order valence-corrected chi connectivity index (χ1v) is 12.0. The average Bonchev–Trinajstić information content (AvgIpc) is 2.72. The van der Waals surface area contributed by atoms with Gasteiger partial charge in [-0.25, -0.2) is 0 Å². The second-order valence-electron chi connectivity index (χ2n) is 7.14. The molecule has 3 rings (SSSR count). The second-order valence-corrected chi connectivity index (χ2v) is 9.54.